The number of anilines is 1. The number of hydrogen-bond acceptors (Lipinski definition) is 7. The number of hydrogen-bond donors (Lipinski definition) is 2. The summed E-state index contributed by atoms with van der Waals surface area (Å²) < 4.78 is 11.7. The van der Waals surface area contributed by atoms with Crippen LogP contribution >= 0.6 is 0 Å². The number of carbonyl (C=O) groups is 2. The summed E-state index contributed by atoms with van der Waals surface area (Å²) in [6, 6.07) is 5.80. The average Bonchev–Trinajstić information content (AvgIpc) is 3.36. The molecule has 1 amide bonds. The zero-order valence-electron chi connectivity index (χ0n) is 23.8. The van der Waals surface area contributed by atoms with Gasteiger partial charge in [0.05, 0.1) is 19.7 Å². The number of esters is 1. The summed E-state index contributed by atoms with van der Waals surface area (Å²) in [5, 5.41) is 16.1. The number of ether oxygens (including phenoxy) is 2. The molecule has 1 aromatic rings. The normalized spacial score (nSPS) is 35.4. The van der Waals surface area contributed by atoms with Crippen LogP contribution in [-0.4, -0.2) is 79.5 Å². The van der Waals surface area contributed by atoms with Gasteiger partial charge in [0.15, 0.2) is 0 Å². The minimum atomic E-state index is -1.55. The number of carbonyl (C=O) groups excluding carboxylic acids is 2. The fourth-order valence-electron chi connectivity index (χ4n) is 8.43. The number of nitrogens with zero attached hydrogens (tertiary/aromatic N) is 2. The molecule has 1 saturated heterocycles. The summed E-state index contributed by atoms with van der Waals surface area (Å²) in [6.45, 7) is 11.3. The van der Waals surface area contributed by atoms with Gasteiger partial charge in [-0.3, -0.25) is 14.5 Å². The molecule has 5 rings (SSSR count). The van der Waals surface area contributed by atoms with E-state index in [9.17, 15) is 14.7 Å². The second kappa shape index (κ2) is 8.98. The minimum Gasteiger partial charge on any atom is -0.497 e. The fraction of sp³-hybridized carbons (Fsp3) is 0.667. The fourth-order valence-corrected chi connectivity index (χ4v) is 8.43. The van der Waals surface area contributed by atoms with Gasteiger partial charge in [0, 0.05) is 55.6 Å². The van der Waals surface area contributed by atoms with Crippen molar-refractivity contribution < 1.29 is 24.2 Å². The first-order chi connectivity index (χ1) is 17.8. The summed E-state index contributed by atoms with van der Waals surface area (Å²) in [4.78, 5) is 30.3. The summed E-state index contributed by atoms with van der Waals surface area (Å²) in [7, 11) is 3.66. The molecule has 1 aromatic carbocycles. The molecule has 8 nitrogen and oxygen atoms in total. The van der Waals surface area contributed by atoms with Crippen LogP contribution in [0.15, 0.2) is 30.4 Å². The summed E-state index contributed by atoms with van der Waals surface area (Å²) in [5.41, 5.74) is -0.587. The molecule has 1 aliphatic carbocycles. The summed E-state index contributed by atoms with van der Waals surface area (Å²) in [6.07, 6.45) is 5.38. The third-order valence-corrected chi connectivity index (χ3v) is 9.48. The highest BCUT2D eigenvalue weighted by Crippen LogP contribution is 2.67. The molecule has 1 unspecified atom stereocenters. The lowest BCUT2D eigenvalue weighted by atomic mass is 9.47. The van der Waals surface area contributed by atoms with E-state index in [1.54, 1.807) is 7.11 Å². The lowest BCUT2D eigenvalue weighted by Gasteiger charge is -2.64. The Morgan fingerprint density at radius 2 is 1.97 bits per heavy atom. The minimum absolute atomic E-state index is 0.00987. The Morgan fingerprint density at radius 1 is 1.24 bits per heavy atom. The monoisotopic (exact) mass is 525 g/mol. The number of methoxy groups -OCH3 is 1. The Bertz CT molecular complexity index is 1160. The van der Waals surface area contributed by atoms with E-state index in [1.165, 1.54) is 12.5 Å². The van der Waals surface area contributed by atoms with E-state index >= 15 is 0 Å². The first-order valence-electron chi connectivity index (χ1n) is 13.8. The van der Waals surface area contributed by atoms with E-state index in [1.807, 2.05) is 40.0 Å². The molecular weight excluding hydrogens is 482 g/mol. The molecule has 4 aliphatic rings. The van der Waals surface area contributed by atoms with Gasteiger partial charge in [-0.25, -0.2) is 0 Å². The lowest BCUT2D eigenvalue weighted by molar-refractivity contribution is -0.217. The molecule has 2 fully saturated rings. The van der Waals surface area contributed by atoms with Crippen molar-refractivity contribution in [1.29, 1.82) is 0 Å². The van der Waals surface area contributed by atoms with Crippen molar-refractivity contribution in [2.24, 2.45) is 10.8 Å². The number of aliphatic hydroxyl groups is 1. The predicted octanol–water partition coefficient (Wildman–Crippen LogP) is 3.02. The van der Waals surface area contributed by atoms with Crippen molar-refractivity contribution in [3.05, 3.63) is 35.9 Å². The first-order valence-corrected chi connectivity index (χ1v) is 13.8. The van der Waals surface area contributed by atoms with Crippen LogP contribution < -0.4 is 15.0 Å². The van der Waals surface area contributed by atoms with E-state index in [2.05, 4.69) is 40.3 Å². The number of amides is 1. The van der Waals surface area contributed by atoms with Crippen LogP contribution in [0.1, 0.15) is 59.4 Å². The van der Waals surface area contributed by atoms with Crippen molar-refractivity contribution in [1.82, 2.24) is 10.2 Å². The van der Waals surface area contributed by atoms with Crippen molar-refractivity contribution in [2.45, 2.75) is 83.1 Å². The molecule has 1 spiro atoms. The van der Waals surface area contributed by atoms with Gasteiger partial charge in [0.1, 0.15) is 17.5 Å². The van der Waals surface area contributed by atoms with Crippen molar-refractivity contribution in [3.8, 4) is 5.75 Å². The highest BCUT2D eigenvalue weighted by molar-refractivity contribution is 5.77. The number of benzene rings is 1. The molecule has 1 saturated carbocycles. The van der Waals surface area contributed by atoms with Gasteiger partial charge in [-0.2, -0.15) is 0 Å². The standard InChI is InChI=1S/C30H43N3O5/c1-8-28-12-9-14-33-15-13-29(24(28)33)21-11-10-20(37-7)16-22(21)32(6)25(29)30(36,26(28)38-19(2)34)18-31-23(35)17-27(3,4)5/h9-12,16,24-26,36H,8,13-15,17-18H2,1-7H3,(H,31,35)/t24-,25+,26+,28?,29+,30-/m0/s1. The van der Waals surface area contributed by atoms with Gasteiger partial charge in [0.2, 0.25) is 5.91 Å². The van der Waals surface area contributed by atoms with Gasteiger partial charge in [-0.05, 0) is 36.4 Å². The van der Waals surface area contributed by atoms with E-state index in [0.29, 0.717) is 12.8 Å². The molecule has 3 heterocycles. The molecule has 6 atom stereocenters. The molecular formula is C30H43N3O5. The Morgan fingerprint density at radius 3 is 2.61 bits per heavy atom. The maximum Gasteiger partial charge on any atom is 0.303 e. The average molecular weight is 526 g/mol. The van der Waals surface area contributed by atoms with Gasteiger partial charge in [-0.15, -0.1) is 0 Å². The van der Waals surface area contributed by atoms with E-state index in [4.69, 9.17) is 9.47 Å². The van der Waals surface area contributed by atoms with Crippen LogP contribution in [0.2, 0.25) is 0 Å². The Kier molecular flexibility index (Phi) is 6.38. The molecule has 0 bridgehead atoms. The third-order valence-electron chi connectivity index (χ3n) is 9.48. The topological polar surface area (TPSA) is 91.3 Å². The zero-order chi connectivity index (χ0) is 27.7. The highest BCUT2D eigenvalue weighted by Gasteiger charge is 2.77. The van der Waals surface area contributed by atoms with E-state index < -0.39 is 34.5 Å². The maximum absolute atomic E-state index is 13.1. The molecule has 8 heteroatoms. The Labute approximate surface area is 226 Å². The van der Waals surface area contributed by atoms with E-state index in [0.717, 1.165) is 30.9 Å². The van der Waals surface area contributed by atoms with Crippen LogP contribution in [0.25, 0.3) is 0 Å². The number of nitrogens with one attached hydrogen (secondary N) is 1. The lowest BCUT2D eigenvalue weighted by Crippen LogP contribution is -2.81. The predicted molar refractivity (Wildman–Crippen MR) is 146 cm³/mol. The van der Waals surface area contributed by atoms with Crippen molar-refractivity contribution in [3.63, 3.8) is 0 Å². The second-order valence-electron chi connectivity index (χ2n) is 12.9. The molecule has 208 valence electrons. The zero-order valence-corrected chi connectivity index (χ0v) is 23.8. The maximum atomic E-state index is 13.1. The Hall–Kier alpha value is -2.58. The van der Waals surface area contributed by atoms with Gasteiger partial charge in [-0.1, -0.05) is 45.9 Å². The van der Waals surface area contributed by atoms with Crippen molar-refractivity contribution in [2.75, 3.05) is 38.7 Å². The van der Waals surface area contributed by atoms with Gasteiger partial charge in [0.25, 0.3) is 0 Å². The van der Waals surface area contributed by atoms with Gasteiger partial charge < -0.3 is 24.8 Å². The van der Waals surface area contributed by atoms with Crippen molar-refractivity contribution >= 4 is 17.6 Å². The van der Waals surface area contributed by atoms with E-state index in [-0.39, 0.29) is 23.9 Å². The molecule has 38 heavy (non-hydrogen) atoms. The number of fused-ring (bicyclic) bond motifs is 1. The van der Waals surface area contributed by atoms with Crippen LogP contribution in [0, 0.1) is 10.8 Å². The SMILES string of the molecule is CCC12C=CCN3CC[C@@]4(c5ccc(OC)cc5N(C)[C@H]4[C@@](O)(CNC(=O)CC(C)(C)C)[C@@H]1OC(C)=O)[C@@H]32. The van der Waals surface area contributed by atoms with Crippen LogP contribution in [-0.2, 0) is 19.7 Å². The molecule has 0 aromatic heterocycles. The van der Waals surface area contributed by atoms with Crippen LogP contribution in [0.5, 0.6) is 5.75 Å². The molecule has 0 radical (unpaired) electrons. The summed E-state index contributed by atoms with van der Waals surface area (Å²) >= 11 is 0. The highest BCUT2D eigenvalue weighted by atomic mass is 16.6. The smallest absolute Gasteiger partial charge is 0.303 e. The first kappa shape index (κ1) is 27.0. The quantitative estimate of drug-likeness (QED) is 0.436. The largest absolute Gasteiger partial charge is 0.497 e. The second-order valence-corrected chi connectivity index (χ2v) is 12.9. The summed E-state index contributed by atoms with van der Waals surface area (Å²) in [5.74, 6) is 0.198. The third kappa shape index (κ3) is 3.70. The number of likely N-dealkylation sites (N-methyl/N-ethyl adjacent to an activating group) is 1. The van der Waals surface area contributed by atoms with Gasteiger partial charge >= 0.3 is 5.97 Å². The number of rotatable bonds is 6. The molecule has 3 aliphatic heterocycles. The Balaban J connectivity index is 1.72. The van der Waals surface area contributed by atoms with Crippen LogP contribution in [0.4, 0.5) is 5.69 Å². The van der Waals surface area contributed by atoms with Crippen LogP contribution in [0.3, 0.4) is 0 Å². The molecule has 2 N–H and O–H groups in total.